The van der Waals surface area contributed by atoms with Crippen LogP contribution in [0.25, 0.3) is 0 Å². The zero-order valence-corrected chi connectivity index (χ0v) is 12.3. The largest absolute Gasteiger partial charge is 0.393 e. The lowest BCUT2D eigenvalue weighted by atomic mass is 10.0. The molecule has 2 N–H and O–H groups in total. The van der Waals surface area contributed by atoms with Gasteiger partial charge in [-0.3, -0.25) is 0 Å². The molecule has 0 saturated heterocycles. The van der Waals surface area contributed by atoms with Crippen molar-refractivity contribution in [3.8, 4) is 0 Å². The van der Waals surface area contributed by atoms with Crippen LogP contribution in [0.2, 0.25) is 0 Å². The van der Waals surface area contributed by atoms with Crippen molar-refractivity contribution in [3.63, 3.8) is 0 Å². The van der Waals surface area contributed by atoms with Gasteiger partial charge in [0.05, 0.1) is 4.99 Å². The van der Waals surface area contributed by atoms with Gasteiger partial charge in [0.15, 0.2) is 0 Å². The van der Waals surface area contributed by atoms with Gasteiger partial charge in [-0.1, -0.05) is 18.3 Å². The molecule has 0 aliphatic heterocycles. The lowest BCUT2D eigenvalue weighted by Gasteiger charge is -2.26. The molecule has 1 aliphatic carbocycles. The molecule has 1 aliphatic rings. The maximum absolute atomic E-state index is 5.69. The summed E-state index contributed by atoms with van der Waals surface area (Å²) in [7, 11) is 2.16. The van der Waals surface area contributed by atoms with Crippen molar-refractivity contribution in [3.05, 3.63) is 29.3 Å². The Bertz CT molecular complexity index is 443. The highest BCUT2D eigenvalue weighted by atomic mass is 32.1. The van der Waals surface area contributed by atoms with Crippen molar-refractivity contribution in [1.29, 1.82) is 0 Å². The zero-order valence-electron chi connectivity index (χ0n) is 11.5. The number of anilines is 1. The van der Waals surface area contributed by atoms with E-state index in [0.717, 1.165) is 13.0 Å². The minimum atomic E-state index is 0.345. The van der Waals surface area contributed by atoms with Crippen LogP contribution in [0.5, 0.6) is 0 Å². The predicted molar refractivity (Wildman–Crippen MR) is 82.3 cm³/mol. The first-order chi connectivity index (χ1) is 8.40. The van der Waals surface area contributed by atoms with Gasteiger partial charge in [0, 0.05) is 25.7 Å². The maximum Gasteiger partial charge on any atom is 0.0733 e. The van der Waals surface area contributed by atoms with E-state index < -0.39 is 0 Å². The molecule has 98 valence electrons. The van der Waals surface area contributed by atoms with Crippen molar-refractivity contribution in [2.45, 2.75) is 33.1 Å². The summed E-state index contributed by atoms with van der Waals surface area (Å²) in [5.41, 5.74) is 9.96. The number of benzene rings is 1. The third-order valence-electron chi connectivity index (χ3n) is 3.73. The number of nitrogens with zero attached hydrogens (tertiary/aromatic N) is 1. The minimum absolute atomic E-state index is 0.345. The van der Waals surface area contributed by atoms with Crippen LogP contribution in [0.3, 0.4) is 0 Å². The highest BCUT2D eigenvalue weighted by molar-refractivity contribution is 7.80. The monoisotopic (exact) mass is 262 g/mol. The van der Waals surface area contributed by atoms with Crippen LogP contribution < -0.4 is 10.6 Å². The topological polar surface area (TPSA) is 29.3 Å². The molecular weight excluding hydrogens is 240 g/mol. The van der Waals surface area contributed by atoms with Gasteiger partial charge in [0.1, 0.15) is 0 Å². The predicted octanol–water partition coefficient (Wildman–Crippen LogP) is 3.20. The first-order valence-electron chi connectivity index (χ1n) is 6.48. The van der Waals surface area contributed by atoms with Gasteiger partial charge < -0.3 is 10.6 Å². The number of hydrogen-bond acceptors (Lipinski definition) is 2. The molecule has 0 bridgehead atoms. The van der Waals surface area contributed by atoms with Gasteiger partial charge in [0.2, 0.25) is 0 Å². The molecule has 2 nitrogen and oxygen atoms in total. The van der Waals surface area contributed by atoms with Gasteiger partial charge >= 0.3 is 0 Å². The van der Waals surface area contributed by atoms with Crippen LogP contribution in [0, 0.1) is 19.3 Å². The smallest absolute Gasteiger partial charge is 0.0733 e. The fourth-order valence-electron chi connectivity index (χ4n) is 2.70. The van der Waals surface area contributed by atoms with Crippen molar-refractivity contribution in [2.75, 3.05) is 18.5 Å². The van der Waals surface area contributed by atoms with E-state index in [2.05, 4.69) is 44.0 Å². The van der Waals surface area contributed by atoms with Gasteiger partial charge in [-0.25, -0.2) is 0 Å². The van der Waals surface area contributed by atoms with Crippen molar-refractivity contribution < 1.29 is 0 Å². The number of thiocarbonyl (C=S) groups is 1. The molecule has 0 radical (unpaired) electrons. The lowest BCUT2D eigenvalue weighted by molar-refractivity contribution is 0.533. The summed E-state index contributed by atoms with van der Waals surface area (Å²) in [5.74, 6) is 0. The first kappa shape index (κ1) is 13.3. The van der Waals surface area contributed by atoms with Crippen molar-refractivity contribution in [1.82, 2.24) is 0 Å². The fraction of sp³-hybridized carbons (Fsp3) is 0.533. The van der Waals surface area contributed by atoms with Crippen LogP contribution in [0.1, 0.15) is 30.4 Å². The van der Waals surface area contributed by atoms with E-state index in [9.17, 15) is 0 Å². The van der Waals surface area contributed by atoms with E-state index >= 15 is 0 Å². The highest BCUT2D eigenvalue weighted by Crippen LogP contribution is 2.49. The molecular formula is C15H22N2S. The third kappa shape index (κ3) is 3.22. The summed E-state index contributed by atoms with van der Waals surface area (Å²) in [6, 6.07) is 6.69. The highest BCUT2D eigenvalue weighted by Gasteiger charge is 2.43. The Hall–Kier alpha value is -1.09. The van der Waals surface area contributed by atoms with Gasteiger partial charge in [-0.2, -0.15) is 0 Å². The van der Waals surface area contributed by atoms with E-state index in [1.165, 1.54) is 29.7 Å². The zero-order chi connectivity index (χ0) is 13.3. The van der Waals surface area contributed by atoms with Gasteiger partial charge in [-0.15, -0.1) is 0 Å². The quantitative estimate of drug-likeness (QED) is 0.826. The maximum atomic E-state index is 5.69. The SMILES string of the molecule is Cc1cc(C)cc(N(C)CC2(CC(N)=S)CC2)c1. The van der Waals surface area contributed by atoms with Crippen molar-refractivity contribution >= 4 is 22.9 Å². The Morgan fingerprint density at radius 2 is 1.83 bits per heavy atom. The molecule has 1 aromatic carbocycles. The fourth-order valence-corrected chi connectivity index (χ4v) is 3.01. The van der Waals surface area contributed by atoms with Crippen LogP contribution in [0.15, 0.2) is 18.2 Å². The Morgan fingerprint density at radius 1 is 1.28 bits per heavy atom. The van der Waals surface area contributed by atoms with Crippen LogP contribution in [0.4, 0.5) is 5.69 Å². The molecule has 0 atom stereocenters. The molecule has 0 amide bonds. The molecule has 0 aromatic heterocycles. The normalized spacial score (nSPS) is 16.4. The summed E-state index contributed by atoms with van der Waals surface area (Å²) < 4.78 is 0. The third-order valence-corrected chi connectivity index (χ3v) is 3.87. The molecule has 3 heteroatoms. The number of aryl methyl sites for hydroxylation is 2. The standard InChI is InChI=1S/C15H22N2S/c1-11-6-12(2)8-13(7-11)17(3)10-15(4-5-15)9-14(16)18/h6-8H,4-5,9-10H2,1-3H3,(H2,16,18). The average molecular weight is 262 g/mol. The molecule has 1 saturated carbocycles. The number of hydrogen-bond donors (Lipinski definition) is 1. The Kier molecular flexibility index (Phi) is 3.62. The summed E-state index contributed by atoms with van der Waals surface area (Å²) in [6.07, 6.45) is 3.39. The Labute approximate surface area is 115 Å². The minimum Gasteiger partial charge on any atom is -0.393 e. The Balaban J connectivity index is 2.07. The second-order valence-corrected chi connectivity index (χ2v) is 6.37. The van der Waals surface area contributed by atoms with E-state index in [-0.39, 0.29) is 0 Å². The van der Waals surface area contributed by atoms with E-state index in [4.69, 9.17) is 18.0 Å². The molecule has 0 spiro atoms. The number of nitrogens with two attached hydrogens (primary N) is 1. The summed E-state index contributed by atoms with van der Waals surface area (Å²) in [4.78, 5) is 2.99. The molecule has 2 rings (SSSR count). The van der Waals surface area contributed by atoms with E-state index in [0.29, 0.717) is 10.4 Å². The second kappa shape index (κ2) is 4.88. The first-order valence-corrected chi connectivity index (χ1v) is 6.89. The summed E-state index contributed by atoms with van der Waals surface area (Å²) in [5, 5.41) is 0. The molecule has 1 fully saturated rings. The van der Waals surface area contributed by atoms with Crippen LogP contribution in [-0.2, 0) is 0 Å². The average Bonchev–Trinajstić information content (AvgIpc) is 2.94. The van der Waals surface area contributed by atoms with E-state index in [1.807, 2.05) is 0 Å². The molecule has 1 aromatic rings. The van der Waals surface area contributed by atoms with Crippen LogP contribution in [-0.4, -0.2) is 18.6 Å². The Morgan fingerprint density at radius 3 is 2.28 bits per heavy atom. The van der Waals surface area contributed by atoms with E-state index in [1.54, 1.807) is 0 Å². The van der Waals surface area contributed by atoms with Gasteiger partial charge in [0.25, 0.3) is 0 Å². The molecule has 0 heterocycles. The van der Waals surface area contributed by atoms with Crippen molar-refractivity contribution in [2.24, 2.45) is 11.1 Å². The molecule has 0 unspecified atom stereocenters. The summed E-state index contributed by atoms with van der Waals surface area (Å²) >= 11 is 5.05. The van der Waals surface area contributed by atoms with Crippen LogP contribution >= 0.6 is 12.2 Å². The molecule has 18 heavy (non-hydrogen) atoms. The summed E-state index contributed by atoms with van der Waals surface area (Å²) in [6.45, 7) is 5.34. The number of rotatable bonds is 5. The second-order valence-electron chi connectivity index (χ2n) is 5.85. The van der Waals surface area contributed by atoms with Gasteiger partial charge in [-0.05, 0) is 55.4 Å². The lowest BCUT2D eigenvalue weighted by Crippen LogP contribution is -2.29.